The number of hydrogen-bond donors (Lipinski definition) is 0. The second-order valence-electron chi connectivity index (χ2n) is 10.6. The van der Waals surface area contributed by atoms with E-state index in [-0.39, 0.29) is 0 Å². The third-order valence-electron chi connectivity index (χ3n) is 8.24. The summed E-state index contributed by atoms with van der Waals surface area (Å²) in [6.07, 6.45) is 0. The molecule has 2 heterocycles. The third-order valence-corrected chi connectivity index (χ3v) is 8.24. The summed E-state index contributed by atoms with van der Waals surface area (Å²) in [5, 5.41) is 10.6. The molecule has 0 bridgehead atoms. The van der Waals surface area contributed by atoms with Gasteiger partial charge in [-0.1, -0.05) is 103 Å². The molecular weight excluding hydrogens is 500 g/mol. The lowest BCUT2D eigenvalue weighted by molar-refractivity contribution is 0.669. The molecule has 0 aliphatic rings. The van der Waals surface area contributed by atoms with Crippen LogP contribution in [0.1, 0.15) is 0 Å². The Balaban J connectivity index is 1.35. The van der Waals surface area contributed by atoms with Crippen molar-refractivity contribution in [2.75, 3.05) is 0 Å². The Labute approximate surface area is 235 Å². The Kier molecular flexibility index (Phi) is 4.61. The van der Waals surface area contributed by atoms with Gasteiger partial charge in [-0.2, -0.15) is 0 Å². The fraction of sp³-hybridized carbons (Fsp3) is 0. The van der Waals surface area contributed by atoms with Crippen LogP contribution in [0.15, 0.2) is 138 Å². The van der Waals surface area contributed by atoms with Crippen molar-refractivity contribution >= 4 is 65.2 Å². The zero-order valence-electron chi connectivity index (χ0n) is 22.0. The van der Waals surface area contributed by atoms with E-state index >= 15 is 0 Å². The number of furan rings is 1. The maximum absolute atomic E-state index is 6.29. The highest BCUT2D eigenvalue weighted by molar-refractivity contribution is 6.28. The molecule has 9 aromatic rings. The van der Waals surface area contributed by atoms with Crippen molar-refractivity contribution in [2.24, 2.45) is 0 Å². The minimum absolute atomic E-state index is 0.723. The molecule has 0 aliphatic carbocycles. The standard InChI is InChI=1S/C38H22N2O/c1-2-10-23(11-3-1)37-29-15-6-8-16-34(29)39-38(40-37)24-18-19-27-30(20-24)25-12-4-5-13-26(25)31-21-33-28-14-7-9-17-35(28)41-36(33)22-32(27)31/h1-22H. The summed E-state index contributed by atoms with van der Waals surface area (Å²) in [4.78, 5) is 10.1. The summed E-state index contributed by atoms with van der Waals surface area (Å²) in [5.41, 5.74) is 5.78. The Morgan fingerprint density at radius 1 is 0.366 bits per heavy atom. The molecule has 0 saturated heterocycles. The van der Waals surface area contributed by atoms with E-state index in [4.69, 9.17) is 14.4 Å². The van der Waals surface area contributed by atoms with Gasteiger partial charge in [0.25, 0.3) is 0 Å². The number of fused-ring (bicyclic) bond motifs is 10. The van der Waals surface area contributed by atoms with E-state index in [1.165, 1.54) is 32.3 Å². The molecule has 0 unspecified atom stereocenters. The van der Waals surface area contributed by atoms with E-state index in [0.29, 0.717) is 0 Å². The zero-order chi connectivity index (χ0) is 26.9. The molecule has 0 fully saturated rings. The predicted molar refractivity (Wildman–Crippen MR) is 170 cm³/mol. The van der Waals surface area contributed by atoms with Crippen LogP contribution in [-0.2, 0) is 0 Å². The second-order valence-corrected chi connectivity index (χ2v) is 10.6. The molecule has 0 radical (unpaired) electrons. The molecular formula is C38H22N2O. The van der Waals surface area contributed by atoms with E-state index < -0.39 is 0 Å². The lowest BCUT2D eigenvalue weighted by Crippen LogP contribution is -1.95. The minimum atomic E-state index is 0.723. The lowest BCUT2D eigenvalue weighted by Gasteiger charge is -2.13. The van der Waals surface area contributed by atoms with Gasteiger partial charge >= 0.3 is 0 Å². The predicted octanol–water partition coefficient (Wildman–Crippen LogP) is 10.3. The average molecular weight is 523 g/mol. The molecule has 0 saturated carbocycles. The van der Waals surface area contributed by atoms with Crippen LogP contribution in [0.4, 0.5) is 0 Å². The molecule has 0 spiro atoms. The Morgan fingerprint density at radius 2 is 1.00 bits per heavy atom. The normalized spacial score (nSPS) is 11.9. The number of hydrogen-bond acceptors (Lipinski definition) is 3. The molecule has 3 heteroatoms. The van der Waals surface area contributed by atoms with Crippen LogP contribution < -0.4 is 0 Å². The van der Waals surface area contributed by atoms with Crippen molar-refractivity contribution in [2.45, 2.75) is 0 Å². The number of nitrogens with zero attached hydrogens (tertiary/aromatic N) is 2. The zero-order valence-corrected chi connectivity index (χ0v) is 22.0. The van der Waals surface area contributed by atoms with Crippen LogP contribution in [0, 0.1) is 0 Å². The molecule has 0 aliphatic heterocycles. The maximum Gasteiger partial charge on any atom is 0.160 e. The van der Waals surface area contributed by atoms with Gasteiger partial charge in [-0.15, -0.1) is 0 Å². The van der Waals surface area contributed by atoms with Crippen molar-refractivity contribution < 1.29 is 4.42 Å². The molecule has 9 rings (SSSR count). The fourth-order valence-corrected chi connectivity index (χ4v) is 6.33. The fourth-order valence-electron chi connectivity index (χ4n) is 6.33. The molecule has 0 N–H and O–H groups in total. The van der Waals surface area contributed by atoms with Crippen LogP contribution in [0.3, 0.4) is 0 Å². The summed E-state index contributed by atoms with van der Waals surface area (Å²) in [7, 11) is 0. The Bertz CT molecular complexity index is 2470. The Hall–Kier alpha value is -5.54. The summed E-state index contributed by atoms with van der Waals surface area (Å²) < 4.78 is 6.29. The van der Waals surface area contributed by atoms with E-state index in [1.54, 1.807) is 0 Å². The highest BCUT2D eigenvalue weighted by Gasteiger charge is 2.16. The van der Waals surface area contributed by atoms with Gasteiger partial charge in [0, 0.05) is 27.3 Å². The number of benzene rings is 7. The van der Waals surface area contributed by atoms with Gasteiger partial charge in [-0.3, -0.25) is 0 Å². The highest BCUT2D eigenvalue weighted by Crippen LogP contribution is 2.41. The van der Waals surface area contributed by atoms with Crippen LogP contribution in [0.5, 0.6) is 0 Å². The van der Waals surface area contributed by atoms with Crippen LogP contribution in [0.2, 0.25) is 0 Å². The number of para-hydroxylation sites is 2. The lowest BCUT2D eigenvalue weighted by atomic mass is 9.92. The molecule has 0 amide bonds. The first-order valence-corrected chi connectivity index (χ1v) is 13.8. The molecule has 0 atom stereocenters. The number of aromatic nitrogens is 2. The van der Waals surface area contributed by atoms with Crippen LogP contribution in [-0.4, -0.2) is 9.97 Å². The second kappa shape index (κ2) is 8.48. The summed E-state index contributed by atoms with van der Waals surface area (Å²) >= 11 is 0. The van der Waals surface area contributed by atoms with E-state index in [0.717, 1.165) is 55.5 Å². The summed E-state index contributed by atoms with van der Waals surface area (Å²) in [5.74, 6) is 0.723. The van der Waals surface area contributed by atoms with Crippen LogP contribution >= 0.6 is 0 Å². The van der Waals surface area contributed by atoms with Crippen molar-refractivity contribution in [1.82, 2.24) is 9.97 Å². The first-order chi connectivity index (χ1) is 20.3. The quantitative estimate of drug-likeness (QED) is 0.212. The monoisotopic (exact) mass is 522 g/mol. The van der Waals surface area contributed by atoms with Crippen molar-refractivity contribution in [1.29, 1.82) is 0 Å². The number of rotatable bonds is 2. The molecule has 2 aromatic heterocycles. The Morgan fingerprint density at radius 3 is 1.83 bits per heavy atom. The molecule has 190 valence electrons. The topological polar surface area (TPSA) is 38.9 Å². The van der Waals surface area contributed by atoms with Gasteiger partial charge < -0.3 is 4.42 Å². The van der Waals surface area contributed by atoms with Gasteiger partial charge in [-0.25, -0.2) is 9.97 Å². The van der Waals surface area contributed by atoms with Gasteiger partial charge in [0.05, 0.1) is 11.2 Å². The average Bonchev–Trinajstić information content (AvgIpc) is 3.41. The van der Waals surface area contributed by atoms with E-state index in [2.05, 4.69) is 103 Å². The first-order valence-electron chi connectivity index (χ1n) is 13.8. The first kappa shape index (κ1) is 22.3. The third kappa shape index (κ3) is 3.33. The summed E-state index contributed by atoms with van der Waals surface area (Å²) in [6.45, 7) is 0. The summed E-state index contributed by atoms with van der Waals surface area (Å²) in [6, 6.07) is 46.7. The SMILES string of the molecule is c1ccc(-c2nc(-c3ccc4c(c3)c3ccccc3c3cc5c(cc43)oc3ccccc35)nc3ccccc23)cc1. The van der Waals surface area contributed by atoms with Crippen molar-refractivity contribution in [3.05, 3.63) is 133 Å². The minimum Gasteiger partial charge on any atom is -0.456 e. The van der Waals surface area contributed by atoms with Gasteiger partial charge in [0.2, 0.25) is 0 Å². The van der Waals surface area contributed by atoms with Crippen molar-refractivity contribution in [3.8, 4) is 22.6 Å². The smallest absolute Gasteiger partial charge is 0.160 e. The van der Waals surface area contributed by atoms with Crippen LogP contribution in [0.25, 0.3) is 87.8 Å². The van der Waals surface area contributed by atoms with E-state index in [1.807, 2.05) is 30.3 Å². The molecule has 3 nitrogen and oxygen atoms in total. The molecule has 7 aromatic carbocycles. The van der Waals surface area contributed by atoms with Crippen molar-refractivity contribution in [3.63, 3.8) is 0 Å². The highest BCUT2D eigenvalue weighted by atomic mass is 16.3. The largest absolute Gasteiger partial charge is 0.456 e. The molecule has 41 heavy (non-hydrogen) atoms. The maximum atomic E-state index is 6.29. The van der Waals surface area contributed by atoms with Gasteiger partial charge in [0.15, 0.2) is 5.82 Å². The van der Waals surface area contributed by atoms with E-state index in [9.17, 15) is 0 Å². The van der Waals surface area contributed by atoms with Gasteiger partial charge in [-0.05, 0) is 62.6 Å². The van der Waals surface area contributed by atoms with Gasteiger partial charge in [0.1, 0.15) is 11.2 Å².